The second-order valence-corrected chi connectivity index (χ2v) is 5.44. The molecule has 2 N–H and O–H groups in total. The van der Waals surface area contributed by atoms with E-state index in [1.165, 1.54) is 4.88 Å². The van der Waals surface area contributed by atoms with Crippen molar-refractivity contribution in [2.45, 2.75) is 46.1 Å². The number of hydrogen-bond acceptors (Lipinski definition) is 4. The minimum atomic E-state index is -0.716. The van der Waals surface area contributed by atoms with E-state index >= 15 is 0 Å². The van der Waals surface area contributed by atoms with Crippen LogP contribution in [0.4, 0.5) is 0 Å². The Hall–Kier alpha value is -0.940. The van der Waals surface area contributed by atoms with Gasteiger partial charge in [0, 0.05) is 17.3 Å². The lowest BCUT2D eigenvalue weighted by molar-refractivity contribution is -0.137. The first-order valence-corrected chi connectivity index (χ1v) is 6.71. The smallest absolute Gasteiger partial charge is 0.303 e. The largest absolute Gasteiger partial charge is 0.481 e. The van der Waals surface area contributed by atoms with Gasteiger partial charge in [-0.05, 0) is 40.2 Å². The van der Waals surface area contributed by atoms with Crippen LogP contribution < -0.4 is 5.32 Å². The van der Waals surface area contributed by atoms with Crippen molar-refractivity contribution < 1.29 is 9.90 Å². The Morgan fingerprint density at radius 2 is 2.18 bits per heavy atom. The fraction of sp³-hybridized carbons (Fsp3) is 0.667. The van der Waals surface area contributed by atoms with Gasteiger partial charge < -0.3 is 10.4 Å². The van der Waals surface area contributed by atoms with Gasteiger partial charge in [0.05, 0.1) is 10.7 Å². The molecule has 1 unspecified atom stereocenters. The van der Waals surface area contributed by atoms with Crippen LogP contribution >= 0.6 is 11.3 Å². The fourth-order valence-electron chi connectivity index (χ4n) is 1.76. The highest BCUT2D eigenvalue weighted by Gasteiger charge is 2.11. The van der Waals surface area contributed by atoms with Gasteiger partial charge in [0.15, 0.2) is 0 Å². The molecule has 0 saturated carbocycles. The molecule has 0 aliphatic heterocycles. The number of unbranched alkanes of at least 4 members (excludes halogenated alkanes) is 1. The number of aromatic nitrogens is 1. The molecule has 1 atom stereocenters. The lowest BCUT2D eigenvalue weighted by atomic mass is 10.2. The van der Waals surface area contributed by atoms with E-state index in [-0.39, 0.29) is 6.42 Å². The van der Waals surface area contributed by atoms with Crippen molar-refractivity contribution in [2.75, 3.05) is 6.54 Å². The number of carbonyl (C=O) groups is 1. The Bertz CT molecular complexity index is 377. The zero-order valence-corrected chi connectivity index (χ0v) is 11.4. The van der Waals surface area contributed by atoms with Crippen molar-refractivity contribution in [3.8, 4) is 0 Å². The number of aryl methyl sites for hydroxylation is 2. The van der Waals surface area contributed by atoms with Crippen molar-refractivity contribution >= 4 is 17.3 Å². The summed E-state index contributed by atoms with van der Waals surface area (Å²) in [5.74, 6) is -0.716. The van der Waals surface area contributed by atoms with E-state index in [2.05, 4.69) is 17.2 Å². The second-order valence-electron chi connectivity index (χ2n) is 4.21. The van der Waals surface area contributed by atoms with Crippen molar-refractivity contribution in [2.24, 2.45) is 0 Å². The van der Waals surface area contributed by atoms with Crippen LogP contribution in [-0.4, -0.2) is 22.6 Å². The van der Waals surface area contributed by atoms with Crippen LogP contribution in [0, 0.1) is 13.8 Å². The van der Waals surface area contributed by atoms with Crippen molar-refractivity contribution in [3.05, 3.63) is 15.6 Å². The average molecular weight is 256 g/mol. The molecule has 1 rings (SSSR count). The minimum absolute atomic E-state index is 0.259. The fourth-order valence-corrected chi connectivity index (χ4v) is 2.72. The molecule has 96 valence electrons. The molecule has 4 nitrogen and oxygen atoms in total. The number of carboxylic acid groups (broad SMARTS) is 1. The predicted molar refractivity (Wildman–Crippen MR) is 69.5 cm³/mol. The summed E-state index contributed by atoms with van der Waals surface area (Å²) < 4.78 is 0. The first-order chi connectivity index (χ1) is 8.00. The van der Waals surface area contributed by atoms with Crippen LogP contribution in [0.3, 0.4) is 0 Å². The molecule has 0 spiro atoms. The Kier molecular flexibility index (Phi) is 5.58. The Balaban J connectivity index is 2.28. The highest BCUT2D eigenvalue weighted by molar-refractivity contribution is 7.11. The molecule has 0 amide bonds. The lowest BCUT2D eigenvalue weighted by Crippen LogP contribution is -2.19. The monoisotopic (exact) mass is 256 g/mol. The number of rotatable bonds is 7. The molecule has 0 aliphatic rings. The third-order valence-corrected chi connectivity index (χ3v) is 3.86. The molecule has 0 aromatic carbocycles. The summed E-state index contributed by atoms with van der Waals surface area (Å²) in [5, 5.41) is 13.0. The van der Waals surface area contributed by atoms with Gasteiger partial charge in [0.1, 0.15) is 0 Å². The maximum atomic E-state index is 10.3. The summed E-state index contributed by atoms with van der Waals surface area (Å²) in [7, 11) is 0. The van der Waals surface area contributed by atoms with Gasteiger partial charge in [-0.2, -0.15) is 0 Å². The molecular weight excluding hydrogens is 236 g/mol. The van der Waals surface area contributed by atoms with Crippen molar-refractivity contribution in [1.82, 2.24) is 10.3 Å². The van der Waals surface area contributed by atoms with Gasteiger partial charge in [0.2, 0.25) is 0 Å². The number of thiazole rings is 1. The summed E-state index contributed by atoms with van der Waals surface area (Å²) in [6.07, 6.45) is 1.89. The van der Waals surface area contributed by atoms with Crippen LogP contribution in [0.25, 0.3) is 0 Å². The average Bonchev–Trinajstić information content (AvgIpc) is 2.56. The van der Waals surface area contributed by atoms with Gasteiger partial charge in [0.25, 0.3) is 0 Å². The van der Waals surface area contributed by atoms with E-state index < -0.39 is 5.97 Å². The van der Waals surface area contributed by atoms with Crippen molar-refractivity contribution in [1.29, 1.82) is 0 Å². The molecule has 1 aromatic rings. The van der Waals surface area contributed by atoms with Crippen LogP contribution in [0.5, 0.6) is 0 Å². The molecule has 5 heteroatoms. The summed E-state index contributed by atoms with van der Waals surface area (Å²) in [6, 6.07) is 0.297. The normalized spacial score (nSPS) is 12.6. The summed E-state index contributed by atoms with van der Waals surface area (Å²) in [5.41, 5.74) is 1.10. The number of nitrogens with one attached hydrogen (secondary N) is 1. The standard InChI is InChI=1S/C12H20N2O2S/c1-8(12-9(2)14-10(3)17-12)13-7-5-4-6-11(15)16/h8,13H,4-7H2,1-3H3,(H,15,16). The highest BCUT2D eigenvalue weighted by atomic mass is 32.1. The molecule has 0 bridgehead atoms. The van der Waals surface area contributed by atoms with Crippen LogP contribution in [-0.2, 0) is 4.79 Å². The van der Waals surface area contributed by atoms with E-state index in [0.717, 1.165) is 30.1 Å². The molecular formula is C12H20N2O2S. The van der Waals surface area contributed by atoms with Gasteiger partial charge in [-0.1, -0.05) is 0 Å². The summed E-state index contributed by atoms with van der Waals surface area (Å²) in [6.45, 7) is 7.02. The zero-order chi connectivity index (χ0) is 12.8. The Labute approximate surface area is 106 Å². The van der Waals surface area contributed by atoms with Gasteiger partial charge in [-0.25, -0.2) is 4.98 Å². The van der Waals surface area contributed by atoms with Crippen LogP contribution in [0.2, 0.25) is 0 Å². The van der Waals surface area contributed by atoms with E-state index in [0.29, 0.717) is 6.04 Å². The molecule has 1 heterocycles. The number of nitrogens with zero attached hydrogens (tertiary/aromatic N) is 1. The maximum absolute atomic E-state index is 10.3. The first-order valence-electron chi connectivity index (χ1n) is 5.90. The quantitative estimate of drug-likeness (QED) is 0.736. The van der Waals surface area contributed by atoms with E-state index in [1.54, 1.807) is 11.3 Å². The first kappa shape index (κ1) is 14.1. The molecule has 0 saturated heterocycles. The van der Waals surface area contributed by atoms with E-state index in [9.17, 15) is 4.79 Å². The molecule has 1 aromatic heterocycles. The van der Waals surface area contributed by atoms with Crippen LogP contribution in [0.15, 0.2) is 0 Å². The van der Waals surface area contributed by atoms with Gasteiger partial charge >= 0.3 is 5.97 Å². The van der Waals surface area contributed by atoms with E-state index in [4.69, 9.17) is 5.11 Å². The third-order valence-electron chi connectivity index (χ3n) is 2.60. The third kappa shape index (κ3) is 4.83. The Morgan fingerprint density at radius 1 is 1.47 bits per heavy atom. The van der Waals surface area contributed by atoms with Gasteiger partial charge in [-0.3, -0.25) is 4.79 Å². The summed E-state index contributed by atoms with van der Waals surface area (Å²) in [4.78, 5) is 16.0. The van der Waals surface area contributed by atoms with Crippen LogP contribution in [0.1, 0.15) is 47.8 Å². The lowest BCUT2D eigenvalue weighted by Gasteiger charge is -2.12. The SMILES string of the molecule is Cc1nc(C)c(C(C)NCCCCC(=O)O)s1. The number of hydrogen-bond donors (Lipinski definition) is 2. The number of carboxylic acids is 1. The predicted octanol–water partition coefficient (Wildman–Crippen LogP) is 2.67. The molecule has 0 radical (unpaired) electrons. The zero-order valence-electron chi connectivity index (χ0n) is 10.6. The van der Waals surface area contributed by atoms with E-state index in [1.807, 2.05) is 13.8 Å². The second kappa shape index (κ2) is 6.71. The molecule has 0 aliphatic carbocycles. The topological polar surface area (TPSA) is 62.2 Å². The van der Waals surface area contributed by atoms with Gasteiger partial charge in [-0.15, -0.1) is 11.3 Å². The number of aliphatic carboxylic acids is 1. The maximum Gasteiger partial charge on any atom is 0.303 e. The highest BCUT2D eigenvalue weighted by Crippen LogP contribution is 2.24. The summed E-state index contributed by atoms with van der Waals surface area (Å²) >= 11 is 1.72. The minimum Gasteiger partial charge on any atom is -0.481 e. The van der Waals surface area contributed by atoms with Crippen molar-refractivity contribution in [3.63, 3.8) is 0 Å². The Morgan fingerprint density at radius 3 is 2.71 bits per heavy atom. The molecule has 0 fully saturated rings. The molecule has 17 heavy (non-hydrogen) atoms.